The summed E-state index contributed by atoms with van der Waals surface area (Å²) in [4.78, 5) is 23.2. The predicted molar refractivity (Wildman–Crippen MR) is 78.4 cm³/mol. The number of carbonyl (C=O) groups excluding carboxylic acids is 2. The maximum absolute atomic E-state index is 12.7. The largest absolute Gasteiger partial charge is 0.322 e. The van der Waals surface area contributed by atoms with Gasteiger partial charge in [0.2, 0.25) is 4.87 Å². The Labute approximate surface area is 125 Å². The van der Waals surface area contributed by atoms with Gasteiger partial charge in [-0.2, -0.15) is 0 Å². The lowest BCUT2D eigenvalue weighted by Gasteiger charge is -2.31. The molecule has 0 aliphatic carbocycles. The van der Waals surface area contributed by atoms with Crippen LogP contribution in [0, 0.1) is 0 Å². The summed E-state index contributed by atoms with van der Waals surface area (Å²) in [5.74, 6) is -1.05. The Hall–Kier alpha value is -1.84. The Morgan fingerprint density at radius 3 is 2.35 bits per heavy atom. The van der Waals surface area contributed by atoms with Gasteiger partial charge in [-0.15, -0.1) is 0 Å². The monoisotopic (exact) mass is 305 g/mol. The van der Waals surface area contributed by atoms with Crippen molar-refractivity contribution in [1.29, 1.82) is 0 Å². The molecule has 3 rings (SSSR count). The topological polar surface area (TPSA) is 46.2 Å². The Balaban J connectivity index is 2.21. The summed E-state index contributed by atoms with van der Waals surface area (Å²) in [6.45, 7) is 0. The molecule has 0 aromatic heterocycles. The zero-order valence-corrected chi connectivity index (χ0v) is 11.7. The molecule has 1 aliphatic rings. The maximum atomic E-state index is 12.7. The number of hydrogen-bond acceptors (Lipinski definition) is 2. The second kappa shape index (κ2) is 4.62. The number of benzene rings is 2. The molecule has 20 heavy (non-hydrogen) atoms. The molecule has 5 heteroatoms. The summed E-state index contributed by atoms with van der Waals surface area (Å²) < 4.78 is 0. The van der Waals surface area contributed by atoms with Crippen LogP contribution in [0.1, 0.15) is 15.9 Å². The third-order valence-electron chi connectivity index (χ3n) is 3.29. The molecule has 100 valence electrons. The lowest BCUT2D eigenvalue weighted by Crippen LogP contribution is -2.46. The highest BCUT2D eigenvalue weighted by molar-refractivity contribution is 6.52. The minimum atomic E-state index is -1.75. The Kier molecular flexibility index (Phi) is 3.04. The van der Waals surface area contributed by atoms with Gasteiger partial charge in [-0.25, -0.2) is 0 Å². The van der Waals surface area contributed by atoms with Gasteiger partial charge in [0.1, 0.15) is 0 Å². The van der Waals surface area contributed by atoms with Crippen molar-refractivity contribution in [3.63, 3.8) is 0 Å². The van der Waals surface area contributed by atoms with Gasteiger partial charge < -0.3 is 5.32 Å². The van der Waals surface area contributed by atoms with Crippen LogP contribution in [0.25, 0.3) is 0 Å². The summed E-state index contributed by atoms with van der Waals surface area (Å²) in [7, 11) is 0. The van der Waals surface area contributed by atoms with Crippen molar-refractivity contribution in [2.45, 2.75) is 4.87 Å². The van der Waals surface area contributed by atoms with E-state index in [1.165, 1.54) is 0 Å². The number of carbonyl (C=O) groups is 2. The van der Waals surface area contributed by atoms with Crippen LogP contribution in [-0.2, 0) is 9.67 Å². The first-order chi connectivity index (χ1) is 9.55. The average Bonchev–Trinajstić information content (AvgIpc) is 2.47. The summed E-state index contributed by atoms with van der Waals surface area (Å²) in [5, 5.41) is 2.94. The first-order valence-electron chi connectivity index (χ1n) is 5.94. The number of ketones is 1. The number of alkyl halides is 1. The van der Waals surface area contributed by atoms with E-state index in [1.54, 1.807) is 48.5 Å². The van der Waals surface area contributed by atoms with Crippen molar-refractivity contribution in [3.05, 3.63) is 64.7 Å². The standard InChI is InChI=1S/C15H9Cl2NO2/c16-11-8-4-7-10-12(11)18-14(20)15(17,13(10)19)9-5-2-1-3-6-9/h1-8H,(H,18,20)/t15-/m1/s1. The van der Waals surface area contributed by atoms with Crippen LogP contribution in [0.3, 0.4) is 0 Å². The Morgan fingerprint density at radius 2 is 1.65 bits per heavy atom. The highest BCUT2D eigenvalue weighted by Gasteiger charge is 2.50. The van der Waals surface area contributed by atoms with Crippen molar-refractivity contribution in [1.82, 2.24) is 0 Å². The predicted octanol–water partition coefficient (Wildman–Crippen LogP) is 3.61. The van der Waals surface area contributed by atoms with Crippen LogP contribution in [0.5, 0.6) is 0 Å². The second-order valence-corrected chi connectivity index (χ2v) is 5.44. The first kappa shape index (κ1) is 13.2. The Bertz CT molecular complexity index is 715. The number of fused-ring (bicyclic) bond motifs is 1. The molecule has 0 saturated heterocycles. The summed E-state index contributed by atoms with van der Waals surface area (Å²) in [6, 6.07) is 13.4. The summed E-state index contributed by atoms with van der Waals surface area (Å²) in [5.41, 5.74) is 1.07. The fourth-order valence-corrected chi connectivity index (χ4v) is 2.76. The zero-order valence-electron chi connectivity index (χ0n) is 10.2. The molecule has 0 spiro atoms. The molecule has 1 atom stereocenters. The van der Waals surface area contributed by atoms with Crippen LogP contribution < -0.4 is 5.32 Å². The third-order valence-corrected chi connectivity index (χ3v) is 4.17. The summed E-state index contributed by atoms with van der Waals surface area (Å²) in [6.07, 6.45) is 0. The molecule has 1 amide bonds. The zero-order chi connectivity index (χ0) is 14.3. The van der Waals surface area contributed by atoms with Gasteiger partial charge in [0.05, 0.1) is 10.7 Å². The molecular formula is C15H9Cl2NO2. The fourth-order valence-electron chi connectivity index (χ4n) is 2.26. The second-order valence-electron chi connectivity index (χ2n) is 4.47. The molecule has 2 aromatic rings. The van der Waals surface area contributed by atoms with E-state index in [2.05, 4.69) is 5.32 Å². The normalized spacial score (nSPS) is 21.3. The van der Waals surface area contributed by atoms with Gasteiger partial charge >= 0.3 is 0 Å². The van der Waals surface area contributed by atoms with Gasteiger partial charge in [-0.3, -0.25) is 9.59 Å². The van der Waals surface area contributed by atoms with Crippen molar-refractivity contribution >= 4 is 40.6 Å². The molecule has 0 radical (unpaired) electrons. The van der Waals surface area contributed by atoms with Gasteiger partial charge in [0, 0.05) is 5.56 Å². The SMILES string of the molecule is O=C1Nc2c(Cl)cccc2C(=O)[C@]1(Cl)c1ccccc1. The minimum Gasteiger partial charge on any atom is -0.322 e. The number of Topliss-reactive ketones (excluding diaryl/α,β-unsaturated/α-hetero) is 1. The minimum absolute atomic E-state index is 0.316. The van der Waals surface area contributed by atoms with Gasteiger partial charge in [-0.1, -0.05) is 59.6 Å². The molecule has 0 fully saturated rings. The number of para-hydroxylation sites is 1. The molecule has 3 nitrogen and oxygen atoms in total. The molecule has 0 bridgehead atoms. The number of nitrogens with one attached hydrogen (secondary N) is 1. The van der Waals surface area contributed by atoms with Crippen molar-refractivity contribution in [2.75, 3.05) is 5.32 Å². The van der Waals surface area contributed by atoms with Crippen LogP contribution in [0.15, 0.2) is 48.5 Å². The van der Waals surface area contributed by atoms with Gasteiger partial charge in [0.25, 0.3) is 5.91 Å². The number of hydrogen-bond donors (Lipinski definition) is 1. The average molecular weight is 306 g/mol. The molecule has 1 heterocycles. The molecule has 2 aromatic carbocycles. The Morgan fingerprint density at radius 1 is 0.950 bits per heavy atom. The number of rotatable bonds is 1. The highest BCUT2D eigenvalue weighted by Crippen LogP contribution is 2.42. The lowest BCUT2D eigenvalue weighted by molar-refractivity contribution is -0.117. The van der Waals surface area contributed by atoms with E-state index >= 15 is 0 Å². The van der Waals surface area contributed by atoms with Crippen molar-refractivity contribution in [3.8, 4) is 0 Å². The molecule has 1 N–H and O–H groups in total. The van der Waals surface area contributed by atoms with E-state index in [9.17, 15) is 9.59 Å². The fraction of sp³-hybridized carbons (Fsp3) is 0.0667. The first-order valence-corrected chi connectivity index (χ1v) is 6.70. The number of amides is 1. The van der Waals surface area contributed by atoms with E-state index in [1.807, 2.05) is 0 Å². The number of anilines is 1. The molecule has 1 aliphatic heterocycles. The lowest BCUT2D eigenvalue weighted by atomic mass is 9.85. The van der Waals surface area contributed by atoms with E-state index in [0.29, 0.717) is 21.8 Å². The van der Waals surface area contributed by atoms with Crippen LogP contribution in [0.2, 0.25) is 5.02 Å². The smallest absolute Gasteiger partial charge is 0.258 e. The van der Waals surface area contributed by atoms with Crippen LogP contribution in [0.4, 0.5) is 5.69 Å². The highest BCUT2D eigenvalue weighted by atomic mass is 35.5. The number of halogens is 2. The van der Waals surface area contributed by atoms with E-state index in [0.717, 1.165) is 0 Å². The molecule has 0 saturated carbocycles. The quantitative estimate of drug-likeness (QED) is 0.646. The van der Waals surface area contributed by atoms with Gasteiger partial charge in [0.15, 0.2) is 5.78 Å². The van der Waals surface area contributed by atoms with E-state index < -0.39 is 16.6 Å². The maximum Gasteiger partial charge on any atom is 0.258 e. The molecule has 0 unspecified atom stereocenters. The third kappa shape index (κ3) is 1.74. The van der Waals surface area contributed by atoms with Crippen LogP contribution in [-0.4, -0.2) is 11.7 Å². The van der Waals surface area contributed by atoms with Crippen molar-refractivity contribution < 1.29 is 9.59 Å². The van der Waals surface area contributed by atoms with Crippen molar-refractivity contribution in [2.24, 2.45) is 0 Å². The molecular weight excluding hydrogens is 297 g/mol. The van der Waals surface area contributed by atoms with Crippen LogP contribution >= 0.6 is 23.2 Å². The van der Waals surface area contributed by atoms with E-state index in [4.69, 9.17) is 23.2 Å². The summed E-state index contributed by atoms with van der Waals surface area (Å²) >= 11 is 12.4. The van der Waals surface area contributed by atoms with Gasteiger partial charge in [-0.05, 0) is 17.7 Å². The van der Waals surface area contributed by atoms with E-state index in [-0.39, 0.29) is 0 Å².